The number of sulfonamides is 1. The summed E-state index contributed by atoms with van der Waals surface area (Å²) in [5.74, 6) is 0.235. The molecule has 0 spiro atoms. The second-order valence-corrected chi connectivity index (χ2v) is 9.81. The number of amides is 1. The van der Waals surface area contributed by atoms with Gasteiger partial charge in [-0.15, -0.1) is 0 Å². The Balaban J connectivity index is 1.88. The minimum atomic E-state index is -3.97. The highest BCUT2D eigenvalue weighted by molar-refractivity contribution is 7.92. The largest absolute Gasteiger partial charge is 0.494 e. The highest BCUT2D eigenvalue weighted by Crippen LogP contribution is 2.26. The molecule has 0 radical (unpaired) electrons. The van der Waals surface area contributed by atoms with Crippen LogP contribution in [0.2, 0.25) is 0 Å². The summed E-state index contributed by atoms with van der Waals surface area (Å²) in [7, 11) is -3.97. The molecule has 0 aromatic heterocycles. The van der Waals surface area contributed by atoms with Crippen LogP contribution in [-0.4, -0.2) is 27.5 Å². The number of aryl methyl sites for hydroxylation is 2. The van der Waals surface area contributed by atoms with Crippen LogP contribution in [0.25, 0.3) is 0 Å². The van der Waals surface area contributed by atoms with Crippen molar-refractivity contribution in [1.82, 2.24) is 5.32 Å². The Morgan fingerprint density at radius 1 is 0.909 bits per heavy atom. The Morgan fingerprint density at radius 2 is 1.45 bits per heavy atom. The molecule has 0 fully saturated rings. The van der Waals surface area contributed by atoms with Crippen LogP contribution in [0.15, 0.2) is 77.7 Å². The van der Waals surface area contributed by atoms with E-state index in [1.165, 1.54) is 0 Å². The van der Waals surface area contributed by atoms with E-state index >= 15 is 0 Å². The lowest BCUT2D eigenvalue weighted by Gasteiger charge is -2.25. The van der Waals surface area contributed by atoms with Gasteiger partial charge in [-0.3, -0.25) is 9.10 Å². The van der Waals surface area contributed by atoms with E-state index < -0.39 is 15.9 Å². The van der Waals surface area contributed by atoms with Gasteiger partial charge in [-0.05, 0) is 69.7 Å². The molecule has 6 nitrogen and oxygen atoms in total. The molecule has 0 heterocycles. The van der Waals surface area contributed by atoms with E-state index in [0.717, 1.165) is 21.0 Å². The third-order valence-electron chi connectivity index (χ3n) is 5.29. The number of nitrogens with one attached hydrogen (secondary N) is 1. The second kappa shape index (κ2) is 10.5. The zero-order valence-corrected chi connectivity index (χ0v) is 20.2. The van der Waals surface area contributed by atoms with Gasteiger partial charge in [-0.2, -0.15) is 0 Å². The molecule has 0 bridgehead atoms. The fraction of sp³-hybridized carbons (Fsp3) is 0.269. The lowest BCUT2D eigenvalue weighted by Crippen LogP contribution is -2.41. The van der Waals surface area contributed by atoms with Crippen molar-refractivity contribution in [3.05, 3.63) is 89.5 Å². The summed E-state index contributed by atoms with van der Waals surface area (Å²) < 4.78 is 33.6. The maximum absolute atomic E-state index is 13.5. The maximum atomic E-state index is 13.5. The number of anilines is 1. The van der Waals surface area contributed by atoms with Crippen molar-refractivity contribution < 1.29 is 17.9 Å². The Labute approximate surface area is 196 Å². The highest BCUT2D eigenvalue weighted by Gasteiger charge is 2.27. The molecule has 0 saturated carbocycles. The molecule has 0 aliphatic carbocycles. The van der Waals surface area contributed by atoms with Gasteiger partial charge in [0.25, 0.3) is 10.0 Å². The molecule has 3 aromatic carbocycles. The lowest BCUT2D eigenvalue weighted by molar-refractivity contribution is -0.120. The van der Waals surface area contributed by atoms with Gasteiger partial charge in [0.15, 0.2) is 0 Å². The number of carbonyl (C=O) groups is 1. The van der Waals surface area contributed by atoms with Crippen molar-refractivity contribution in [2.75, 3.05) is 17.5 Å². The van der Waals surface area contributed by atoms with E-state index in [1.807, 2.05) is 52.0 Å². The minimum Gasteiger partial charge on any atom is -0.494 e. The van der Waals surface area contributed by atoms with Gasteiger partial charge in [0.05, 0.1) is 23.2 Å². The smallest absolute Gasteiger partial charge is 0.264 e. The minimum absolute atomic E-state index is 0.126. The van der Waals surface area contributed by atoms with Gasteiger partial charge in [0.2, 0.25) is 5.91 Å². The lowest BCUT2D eigenvalue weighted by atomic mass is 10.1. The van der Waals surface area contributed by atoms with E-state index in [1.54, 1.807) is 48.5 Å². The molecule has 3 rings (SSSR count). The molecule has 0 unspecified atom stereocenters. The van der Waals surface area contributed by atoms with Crippen LogP contribution in [0.3, 0.4) is 0 Å². The van der Waals surface area contributed by atoms with Crippen LogP contribution in [0.4, 0.5) is 5.69 Å². The van der Waals surface area contributed by atoms with Crippen LogP contribution < -0.4 is 14.4 Å². The molecular formula is C26H30N2O4S. The molecule has 1 atom stereocenters. The van der Waals surface area contributed by atoms with Gasteiger partial charge >= 0.3 is 0 Å². The topological polar surface area (TPSA) is 75.7 Å². The second-order valence-electron chi connectivity index (χ2n) is 7.95. The van der Waals surface area contributed by atoms with Crippen LogP contribution in [0.5, 0.6) is 5.75 Å². The first-order valence-corrected chi connectivity index (χ1v) is 12.3. The van der Waals surface area contributed by atoms with E-state index in [-0.39, 0.29) is 17.5 Å². The van der Waals surface area contributed by atoms with Crippen molar-refractivity contribution in [2.45, 2.75) is 38.6 Å². The number of benzene rings is 3. The number of hydrogen-bond donors (Lipinski definition) is 1. The maximum Gasteiger partial charge on any atom is 0.264 e. The van der Waals surface area contributed by atoms with Crippen LogP contribution in [0, 0.1) is 13.8 Å². The first-order chi connectivity index (χ1) is 15.7. The number of nitrogens with zero attached hydrogens (tertiary/aromatic N) is 1. The first kappa shape index (κ1) is 24.3. The zero-order valence-electron chi connectivity index (χ0n) is 19.4. The average Bonchev–Trinajstić information content (AvgIpc) is 2.79. The van der Waals surface area contributed by atoms with Crippen LogP contribution >= 0.6 is 0 Å². The quantitative estimate of drug-likeness (QED) is 0.493. The Kier molecular flexibility index (Phi) is 7.76. The molecule has 0 saturated heterocycles. The number of ether oxygens (including phenoxy) is 1. The number of rotatable bonds is 9. The molecule has 1 amide bonds. The monoisotopic (exact) mass is 466 g/mol. The predicted molar refractivity (Wildman–Crippen MR) is 131 cm³/mol. The predicted octanol–water partition coefficient (Wildman–Crippen LogP) is 4.77. The summed E-state index contributed by atoms with van der Waals surface area (Å²) in [5, 5.41) is 2.91. The van der Waals surface area contributed by atoms with Crippen molar-refractivity contribution in [3.8, 4) is 5.75 Å². The fourth-order valence-corrected chi connectivity index (χ4v) is 4.80. The van der Waals surface area contributed by atoms with Gasteiger partial charge < -0.3 is 10.1 Å². The zero-order chi connectivity index (χ0) is 24.0. The molecular weight excluding hydrogens is 436 g/mol. The van der Waals surface area contributed by atoms with Gasteiger partial charge in [0.1, 0.15) is 12.3 Å². The van der Waals surface area contributed by atoms with E-state index in [4.69, 9.17) is 4.74 Å². The fourth-order valence-electron chi connectivity index (χ4n) is 3.38. The number of hydrogen-bond acceptors (Lipinski definition) is 4. The summed E-state index contributed by atoms with van der Waals surface area (Å²) in [5.41, 5.74) is 3.41. The van der Waals surface area contributed by atoms with Crippen LogP contribution in [-0.2, 0) is 14.8 Å². The Hall–Kier alpha value is -3.32. The molecule has 0 aliphatic rings. The van der Waals surface area contributed by atoms with E-state index in [0.29, 0.717) is 18.0 Å². The SMILES string of the molecule is CCOc1ccc(N(CC(=O)N[C@@H](C)c2ccc(C)cc2)S(=O)(=O)c2ccc(C)cc2)cc1. The summed E-state index contributed by atoms with van der Waals surface area (Å²) in [4.78, 5) is 13.1. The normalized spacial score (nSPS) is 12.1. The summed E-state index contributed by atoms with van der Waals surface area (Å²) in [6.45, 7) is 7.79. The number of carbonyl (C=O) groups excluding carboxylic acids is 1. The highest BCUT2D eigenvalue weighted by atomic mass is 32.2. The molecule has 0 aliphatic heterocycles. The van der Waals surface area contributed by atoms with E-state index in [2.05, 4.69) is 5.32 Å². The van der Waals surface area contributed by atoms with Crippen LogP contribution in [0.1, 0.15) is 36.6 Å². The van der Waals surface area contributed by atoms with Crippen molar-refractivity contribution in [1.29, 1.82) is 0 Å². The van der Waals surface area contributed by atoms with Crippen molar-refractivity contribution >= 4 is 21.6 Å². The van der Waals surface area contributed by atoms with E-state index in [9.17, 15) is 13.2 Å². The molecule has 33 heavy (non-hydrogen) atoms. The average molecular weight is 467 g/mol. The van der Waals surface area contributed by atoms with Gasteiger partial charge in [0, 0.05) is 0 Å². The molecule has 1 N–H and O–H groups in total. The standard InChI is InChI=1S/C26H30N2O4S/c1-5-32-24-14-12-23(13-15-24)28(33(30,31)25-16-8-20(3)9-17-25)18-26(29)27-21(4)22-10-6-19(2)7-11-22/h6-17,21H,5,18H2,1-4H3,(H,27,29)/t21-/m0/s1. The van der Waals surface area contributed by atoms with Gasteiger partial charge in [-0.1, -0.05) is 47.5 Å². The summed E-state index contributed by atoms with van der Waals surface area (Å²) in [6.07, 6.45) is 0. The summed E-state index contributed by atoms with van der Waals surface area (Å²) >= 11 is 0. The molecule has 174 valence electrons. The Morgan fingerprint density at radius 3 is 2.00 bits per heavy atom. The summed E-state index contributed by atoms with van der Waals surface area (Å²) in [6, 6.07) is 20.9. The van der Waals surface area contributed by atoms with Crippen molar-refractivity contribution in [3.63, 3.8) is 0 Å². The Bertz CT molecular complexity index is 1170. The third-order valence-corrected chi connectivity index (χ3v) is 7.07. The van der Waals surface area contributed by atoms with Gasteiger partial charge in [-0.25, -0.2) is 8.42 Å². The molecule has 7 heteroatoms. The third kappa shape index (κ3) is 6.14. The first-order valence-electron chi connectivity index (χ1n) is 10.9. The van der Waals surface area contributed by atoms with Crippen molar-refractivity contribution in [2.24, 2.45) is 0 Å². The molecule has 3 aromatic rings.